The van der Waals surface area contributed by atoms with Crippen LogP contribution >= 0.6 is 0 Å². The lowest BCUT2D eigenvalue weighted by molar-refractivity contribution is 0.290. The first-order valence-electron chi connectivity index (χ1n) is 7.73. The van der Waals surface area contributed by atoms with Gasteiger partial charge >= 0.3 is 0 Å². The number of ether oxygens (including phenoxy) is 2. The minimum atomic E-state index is 0.00330. The van der Waals surface area contributed by atoms with E-state index in [1.807, 2.05) is 48.5 Å². The van der Waals surface area contributed by atoms with Crippen LogP contribution in [0.5, 0.6) is 11.5 Å². The van der Waals surface area contributed by atoms with E-state index in [-0.39, 0.29) is 5.56 Å². The molecule has 0 saturated heterocycles. The van der Waals surface area contributed by atoms with Gasteiger partial charge in [0.25, 0.3) is 5.56 Å². The number of fused-ring (bicyclic) bond motifs is 3. The van der Waals surface area contributed by atoms with Gasteiger partial charge in [0.05, 0.1) is 24.8 Å². The van der Waals surface area contributed by atoms with Crippen molar-refractivity contribution in [1.29, 1.82) is 0 Å². The fraction of sp³-hybridized carbons (Fsp3) is 0.211. The van der Waals surface area contributed by atoms with E-state index in [0.717, 1.165) is 46.5 Å². The molecule has 0 N–H and O–H groups in total. The third-order valence-electron chi connectivity index (χ3n) is 4.27. The Morgan fingerprint density at radius 3 is 2.65 bits per heavy atom. The molecule has 0 amide bonds. The first kappa shape index (κ1) is 13.9. The molecule has 0 spiro atoms. The van der Waals surface area contributed by atoms with Gasteiger partial charge in [-0.05, 0) is 49.2 Å². The van der Waals surface area contributed by atoms with Crippen LogP contribution < -0.4 is 15.0 Å². The Labute approximate surface area is 133 Å². The van der Waals surface area contributed by atoms with Crippen LogP contribution in [0.25, 0.3) is 16.6 Å². The van der Waals surface area contributed by atoms with Crippen LogP contribution in [-0.4, -0.2) is 18.3 Å². The molecule has 3 aromatic rings. The summed E-state index contributed by atoms with van der Waals surface area (Å²) >= 11 is 0. The molecule has 0 unspecified atom stereocenters. The molecule has 4 nitrogen and oxygen atoms in total. The first-order chi connectivity index (χ1) is 11.3. The summed E-state index contributed by atoms with van der Waals surface area (Å²) in [5, 5.41) is 0.984. The summed E-state index contributed by atoms with van der Waals surface area (Å²) in [4.78, 5) is 13.0. The van der Waals surface area contributed by atoms with Gasteiger partial charge in [-0.15, -0.1) is 0 Å². The summed E-state index contributed by atoms with van der Waals surface area (Å²) in [7, 11) is 1.63. The molecule has 116 valence electrons. The number of hydrogen-bond acceptors (Lipinski definition) is 3. The van der Waals surface area contributed by atoms with Crippen LogP contribution in [0.15, 0.2) is 53.3 Å². The lowest BCUT2D eigenvalue weighted by Gasteiger charge is -2.21. The molecule has 0 atom stereocenters. The summed E-state index contributed by atoms with van der Waals surface area (Å²) in [6.45, 7) is 0.670. The van der Waals surface area contributed by atoms with Crippen LogP contribution in [0.4, 0.5) is 0 Å². The van der Waals surface area contributed by atoms with Crippen LogP contribution in [0.2, 0.25) is 0 Å². The Morgan fingerprint density at radius 2 is 1.87 bits per heavy atom. The van der Waals surface area contributed by atoms with Gasteiger partial charge in [-0.2, -0.15) is 0 Å². The van der Waals surface area contributed by atoms with E-state index >= 15 is 0 Å². The van der Waals surface area contributed by atoms with E-state index in [0.29, 0.717) is 6.61 Å². The highest BCUT2D eigenvalue weighted by Crippen LogP contribution is 2.32. The number of nitrogens with zero attached hydrogens (tertiary/aromatic N) is 1. The van der Waals surface area contributed by atoms with Gasteiger partial charge < -0.3 is 9.47 Å². The second-order valence-corrected chi connectivity index (χ2v) is 5.62. The molecule has 1 aliphatic heterocycles. The van der Waals surface area contributed by atoms with Crippen LogP contribution in [0.1, 0.15) is 12.0 Å². The van der Waals surface area contributed by atoms with Crippen molar-refractivity contribution in [1.82, 2.24) is 4.57 Å². The predicted molar refractivity (Wildman–Crippen MR) is 89.9 cm³/mol. The highest BCUT2D eigenvalue weighted by atomic mass is 16.5. The Bertz CT molecular complexity index is 926. The SMILES string of the molecule is COc1ccc(-n2c(=O)c3c(c4ccccc42)OCCC3)cc1. The third kappa shape index (κ3) is 2.18. The standard InChI is InChI=1S/C19H17NO3/c1-22-14-10-8-13(9-11-14)20-17-7-3-2-5-15(17)18-16(19(20)21)6-4-12-23-18/h2-3,5,7-11H,4,6,12H2,1H3. The fourth-order valence-electron chi connectivity index (χ4n) is 3.16. The molecule has 0 fully saturated rings. The quantitative estimate of drug-likeness (QED) is 0.729. The van der Waals surface area contributed by atoms with Crippen molar-refractivity contribution in [3.05, 3.63) is 64.4 Å². The van der Waals surface area contributed by atoms with Crippen molar-refractivity contribution in [2.75, 3.05) is 13.7 Å². The van der Waals surface area contributed by atoms with Gasteiger partial charge in [0, 0.05) is 11.1 Å². The third-order valence-corrected chi connectivity index (χ3v) is 4.27. The van der Waals surface area contributed by atoms with E-state index in [9.17, 15) is 4.79 Å². The van der Waals surface area contributed by atoms with Crippen LogP contribution in [-0.2, 0) is 6.42 Å². The van der Waals surface area contributed by atoms with Gasteiger partial charge in [-0.25, -0.2) is 0 Å². The van der Waals surface area contributed by atoms with Gasteiger partial charge in [0.1, 0.15) is 11.5 Å². The lowest BCUT2D eigenvalue weighted by Crippen LogP contribution is -2.26. The normalized spacial score (nSPS) is 13.4. The second-order valence-electron chi connectivity index (χ2n) is 5.62. The maximum Gasteiger partial charge on any atom is 0.262 e. The zero-order chi connectivity index (χ0) is 15.8. The molecule has 4 heteroatoms. The van der Waals surface area contributed by atoms with E-state index in [1.165, 1.54) is 0 Å². The first-order valence-corrected chi connectivity index (χ1v) is 7.73. The maximum atomic E-state index is 13.0. The Balaban J connectivity index is 2.05. The molecule has 4 rings (SSSR count). The molecule has 1 aliphatic rings. The summed E-state index contributed by atoms with van der Waals surface area (Å²) in [5.74, 6) is 1.52. The average Bonchev–Trinajstić information content (AvgIpc) is 2.63. The van der Waals surface area contributed by atoms with Crippen molar-refractivity contribution in [2.45, 2.75) is 12.8 Å². The summed E-state index contributed by atoms with van der Waals surface area (Å²) in [6, 6.07) is 15.4. The molecular formula is C19H17NO3. The minimum Gasteiger partial charge on any atom is -0.497 e. The van der Waals surface area contributed by atoms with Gasteiger partial charge in [-0.3, -0.25) is 9.36 Å². The highest BCUT2D eigenvalue weighted by Gasteiger charge is 2.21. The Hall–Kier alpha value is -2.75. The summed E-state index contributed by atoms with van der Waals surface area (Å²) < 4.78 is 12.8. The van der Waals surface area contributed by atoms with Crippen molar-refractivity contribution in [3.8, 4) is 17.2 Å². The lowest BCUT2D eigenvalue weighted by atomic mass is 10.0. The zero-order valence-corrected chi connectivity index (χ0v) is 12.9. The van der Waals surface area contributed by atoms with Crippen molar-refractivity contribution >= 4 is 10.9 Å². The number of para-hydroxylation sites is 1. The number of hydrogen-bond donors (Lipinski definition) is 0. The molecular weight excluding hydrogens is 290 g/mol. The molecule has 23 heavy (non-hydrogen) atoms. The molecule has 0 saturated carbocycles. The van der Waals surface area contributed by atoms with E-state index in [1.54, 1.807) is 11.7 Å². The van der Waals surface area contributed by atoms with E-state index in [4.69, 9.17) is 9.47 Å². The molecule has 0 bridgehead atoms. The number of benzene rings is 2. The smallest absolute Gasteiger partial charge is 0.262 e. The largest absolute Gasteiger partial charge is 0.497 e. The zero-order valence-electron chi connectivity index (χ0n) is 12.9. The number of pyridine rings is 1. The van der Waals surface area contributed by atoms with E-state index < -0.39 is 0 Å². The average molecular weight is 307 g/mol. The molecule has 0 aliphatic carbocycles. The molecule has 2 aromatic carbocycles. The number of aromatic nitrogens is 1. The molecule has 2 heterocycles. The minimum absolute atomic E-state index is 0.00330. The van der Waals surface area contributed by atoms with Crippen LogP contribution in [0, 0.1) is 0 Å². The number of methoxy groups -OCH3 is 1. The van der Waals surface area contributed by atoms with Crippen LogP contribution in [0.3, 0.4) is 0 Å². The topological polar surface area (TPSA) is 40.5 Å². The predicted octanol–water partition coefficient (Wildman–Crippen LogP) is 3.32. The maximum absolute atomic E-state index is 13.0. The molecule has 1 aromatic heterocycles. The molecule has 0 radical (unpaired) electrons. The second kappa shape index (κ2) is 5.47. The Kier molecular flexibility index (Phi) is 3.30. The van der Waals surface area contributed by atoms with Crippen molar-refractivity contribution < 1.29 is 9.47 Å². The van der Waals surface area contributed by atoms with Gasteiger partial charge in [0.2, 0.25) is 0 Å². The summed E-state index contributed by atoms with van der Waals surface area (Å²) in [5.41, 5.74) is 2.47. The fourth-order valence-corrected chi connectivity index (χ4v) is 3.16. The van der Waals surface area contributed by atoms with Gasteiger partial charge in [0.15, 0.2) is 0 Å². The van der Waals surface area contributed by atoms with Crippen molar-refractivity contribution in [3.63, 3.8) is 0 Å². The Morgan fingerprint density at radius 1 is 1.09 bits per heavy atom. The monoisotopic (exact) mass is 307 g/mol. The van der Waals surface area contributed by atoms with Gasteiger partial charge in [-0.1, -0.05) is 12.1 Å². The highest BCUT2D eigenvalue weighted by molar-refractivity contribution is 5.88. The van der Waals surface area contributed by atoms with E-state index in [2.05, 4.69) is 0 Å². The number of rotatable bonds is 2. The summed E-state index contributed by atoms with van der Waals surface area (Å²) in [6.07, 6.45) is 1.64. The van der Waals surface area contributed by atoms with Crippen molar-refractivity contribution in [2.24, 2.45) is 0 Å².